The third-order valence-electron chi connectivity index (χ3n) is 5.54. The van der Waals surface area contributed by atoms with Crippen LogP contribution in [0, 0.1) is 0 Å². The first-order chi connectivity index (χ1) is 14.7. The quantitative estimate of drug-likeness (QED) is 0.649. The lowest BCUT2D eigenvalue weighted by molar-refractivity contribution is 0.286. The number of aromatic nitrogens is 2. The van der Waals surface area contributed by atoms with Gasteiger partial charge in [0.2, 0.25) is 5.82 Å². The highest BCUT2D eigenvalue weighted by atomic mass is 16.5. The predicted octanol–water partition coefficient (Wildman–Crippen LogP) is 3.75. The van der Waals surface area contributed by atoms with Gasteiger partial charge in [0, 0.05) is 23.7 Å². The molecule has 2 aliphatic rings. The molecule has 7 nitrogen and oxygen atoms in total. The van der Waals surface area contributed by atoms with Gasteiger partial charge >= 0.3 is 0 Å². The molecule has 0 fully saturated rings. The summed E-state index contributed by atoms with van der Waals surface area (Å²) in [5.74, 6) is 2.48. The molecule has 160 valence electrons. The van der Waals surface area contributed by atoms with Gasteiger partial charge in [-0.25, -0.2) is 0 Å². The smallest absolute Gasteiger partial charge is 0.258 e. The summed E-state index contributed by atoms with van der Waals surface area (Å²) in [7, 11) is 0. The zero-order valence-electron chi connectivity index (χ0n) is 17.6. The Bertz CT molecular complexity index is 948. The third kappa shape index (κ3) is 4.13. The highest BCUT2D eigenvalue weighted by molar-refractivity contribution is 5.79. The molecule has 1 atom stereocenters. The van der Waals surface area contributed by atoms with Crippen molar-refractivity contribution in [3.63, 3.8) is 0 Å². The van der Waals surface area contributed by atoms with Crippen LogP contribution in [0.1, 0.15) is 45.4 Å². The average molecular weight is 412 g/mol. The normalized spacial score (nSPS) is 18.4. The van der Waals surface area contributed by atoms with Gasteiger partial charge in [-0.1, -0.05) is 11.2 Å². The van der Waals surface area contributed by atoms with E-state index in [4.69, 9.17) is 24.1 Å². The molecule has 0 spiro atoms. The Labute approximate surface area is 176 Å². The summed E-state index contributed by atoms with van der Waals surface area (Å²) in [6.45, 7) is 5.78. The van der Waals surface area contributed by atoms with Crippen molar-refractivity contribution >= 4 is 5.57 Å². The van der Waals surface area contributed by atoms with Crippen molar-refractivity contribution < 1.29 is 19.1 Å². The summed E-state index contributed by atoms with van der Waals surface area (Å²) < 4.78 is 17.0. The van der Waals surface area contributed by atoms with Crippen LogP contribution in [-0.4, -0.2) is 47.7 Å². The molecule has 0 saturated heterocycles. The first-order valence-electron chi connectivity index (χ1n) is 10.8. The van der Waals surface area contributed by atoms with Crippen molar-refractivity contribution in [3.05, 3.63) is 41.2 Å². The van der Waals surface area contributed by atoms with E-state index >= 15 is 0 Å². The Kier molecular flexibility index (Phi) is 6.50. The second-order valence-corrected chi connectivity index (χ2v) is 7.38. The molecule has 7 heteroatoms. The maximum Gasteiger partial charge on any atom is 0.258 e. The van der Waals surface area contributed by atoms with E-state index < -0.39 is 0 Å². The number of benzene rings is 1. The van der Waals surface area contributed by atoms with Crippen molar-refractivity contribution in [1.29, 1.82) is 0 Å². The lowest BCUT2D eigenvalue weighted by atomic mass is 9.91. The van der Waals surface area contributed by atoms with Gasteiger partial charge in [0.1, 0.15) is 0 Å². The van der Waals surface area contributed by atoms with Crippen molar-refractivity contribution in [2.45, 2.75) is 45.6 Å². The van der Waals surface area contributed by atoms with Crippen molar-refractivity contribution in [1.82, 2.24) is 15.5 Å². The van der Waals surface area contributed by atoms with E-state index in [-0.39, 0.29) is 6.61 Å². The number of aliphatic hydroxyl groups is 1. The fourth-order valence-corrected chi connectivity index (χ4v) is 4.29. The highest BCUT2D eigenvalue weighted by Crippen LogP contribution is 2.42. The zero-order valence-corrected chi connectivity index (χ0v) is 17.6. The molecule has 0 amide bonds. The van der Waals surface area contributed by atoms with E-state index in [1.165, 1.54) is 11.1 Å². The Morgan fingerprint density at radius 3 is 2.80 bits per heavy atom. The molecule has 1 aromatic carbocycles. The minimum atomic E-state index is 0.155. The van der Waals surface area contributed by atoms with Crippen LogP contribution < -0.4 is 14.8 Å². The molecule has 2 aromatic rings. The monoisotopic (exact) mass is 411 g/mol. The number of nitrogens with zero attached hydrogens (tertiary/aromatic N) is 2. The Morgan fingerprint density at radius 1 is 1.17 bits per heavy atom. The first kappa shape index (κ1) is 20.6. The second-order valence-electron chi connectivity index (χ2n) is 7.38. The number of nitrogens with one attached hydrogen (secondary N) is 1. The molecule has 1 aromatic heterocycles. The molecule has 0 radical (unpaired) electrons. The molecular weight excluding hydrogens is 382 g/mol. The van der Waals surface area contributed by atoms with Crippen LogP contribution in [0.5, 0.6) is 11.5 Å². The average Bonchev–Trinajstić information content (AvgIpc) is 3.41. The minimum Gasteiger partial charge on any atom is -0.490 e. The van der Waals surface area contributed by atoms with Crippen molar-refractivity contribution in [2.75, 3.05) is 26.4 Å². The number of ether oxygens (including phenoxy) is 2. The maximum atomic E-state index is 9.12. The van der Waals surface area contributed by atoms with E-state index in [0.29, 0.717) is 49.0 Å². The molecule has 1 heterocycles. The number of allylic oxidation sites excluding steroid dienone is 3. The minimum absolute atomic E-state index is 0.155. The van der Waals surface area contributed by atoms with Gasteiger partial charge in [-0.05, 0) is 68.9 Å². The molecule has 0 aliphatic heterocycles. The van der Waals surface area contributed by atoms with E-state index in [9.17, 15) is 0 Å². The van der Waals surface area contributed by atoms with Crippen LogP contribution in [0.4, 0.5) is 0 Å². The van der Waals surface area contributed by atoms with Gasteiger partial charge in [0.05, 0.1) is 19.8 Å². The zero-order chi connectivity index (χ0) is 20.9. The standard InChI is InChI=1S/C23H29N3O4/c1-3-28-20-11-8-15(14-21(20)29-4-2)23-25-22(26-30-23)18-7-5-6-17-16(18)9-10-19(17)24-12-13-27/h7-8,11,14,19,24,27H,3-6,9-10,12-13H2,1-2H3. The predicted molar refractivity (Wildman–Crippen MR) is 114 cm³/mol. The summed E-state index contributed by atoms with van der Waals surface area (Å²) in [5.41, 5.74) is 4.63. The molecular formula is C23H29N3O4. The van der Waals surface area contributed by atoms with E-state index in [0.717, 1.165) is 36.8 Å². The van der Waals surface area contributed by atoms with Crippen molar-refractivity contribution in [3.8, 4) is 23.0 Å². The Balaban J connectivity index is 1.59. The van der Waals surface area contributed by atoms with Crippen LogP contribution in [0.3, 0.4) is 0 Å². The molecule has 2 N–H and O–H groups in total. The van der Waals surface area contributed by atoms with Gasteiger partial charge < -0.3 is 24.4 Å². The number of aliphatic hydroxyl groups excluding tert-OH is 1. The number of hydrogen-bond donors (Lipinski definition) is 2. The summed E-state index contributed by atoms with van der Waals surface area (Å²) in [6.07, 6.45) is 6.26. The molecule has 4 rings (SSSR count). The first-order valence-corrected chi connectivity index (χ1v) is 10.8. The van der Waals surface area contributed by atoms with Gasteiger partial charge in [0.15, 0.2) is 11.5 Å². The second kappa shape index (κ2) is 9.45. The van der Waals surface area contributed by atoms with Crippen molar-refractivity contribution in [2.24, 2.45) is 0 Å². The Hall–Kier alpha value is -2.64. The Morgan fingerprint density at radius 2 is 2.00 bits per heavy atom. The third-order valence-corrected chi connectivity index (χ3v) is 5.54. The summed E-state index contributed by atoms with van der Waals surface area (Å²) in [6, 6.07) is 6.01. The topological polar surface area (TPSA) is 89.6 Å². The molecule has 1 unspecified atom stereocenters. The molecule has 0 saturated carbocycles. The van der Waals surface area contributed by atoms with Crippen LogP contribution in [0.25, 0.3) is 17.0 Å². The van der Waals surface area contributed by atoms with Crippen LogP contribution in [-0.2, 0) is 0 Å². The van der Waals surface area contributed by atoms with Gasteiger partial charge in [-0.15, -0.1) is 0 Å². The summed E-state index contributed by atoms with van der Waals surface area (Å²) in [4.78, 5) is 4.69. The van der Waals surface area contributed by atoms with E-state index in [1.807, 2.05) is 32.0 Å². The molecule has 2 aliphatic carbocycles. The maximum absolute atomic E-state index is 9.12. The van der Waals surface area contributed by atoms with Crippen LogP contribution >= 0.6 is 0 Å². The van der Waals surface area contributed by atoms with E-state index in [2.05, 4.69) is 16.5 Å². The van der Waals surface area contributed by atoms with Crippen LogP contribution in [0.2, 0.25) is 0 Å². The fraction of sp³-hybridized carbons (Fsp3) is 0.478. The van der Waals surface area contributed by atoms with Crippen LogP contribution in [0.15, 0.2) is 39.9 Å². The fourth-order valence-electron chi connectivity index (χ4n) is 4.29. The van der Waals surface area contributed by atoms with E-state index in [1.54, 1.807) is 0 Å². The summed E-state index contributed by atoms with van der Waals surface area (Å²) in [5, 5.41) is 16.8. The lowest BCUT2D eigenvalue weighted by Gasteiger charge is -2.20. The van der Waals surface area contributed by atoms with Gasteiger partial charge in [-0.3, -0.25) is 0 Å². The molecule has 30 heavy (non-hydrogen) atoms. The van der Waals surface area contributed by atoms with Gasteiger partial charge in [-0.2, -0.15) is 4.98 Å². The molecule has 0 bridgehead atoms. The lowest BCUT2D eigenvalue weighted by Crippen LogP contribution is -2.31. The largest absolute Gasteiger partial charge is 0.490 e. The highest BCUT2D eigenvalue weighted by Gasteiger charge is 2.30. The number of rotatable bonds is 9. The van der Waals surface area contributed by atoms with Gasteiger partial charge in [0.25, 0.3) is 5.89 Å². The number of hydrogen-bond acceptors (Lipinski definition) is 7. The summed E-state index contributed by atoms with van der Waals surface area (Å²) >= 11 is 0. The SMILES string of the molecule is CCOc1ccc(-c2nc(C3=CCCC4=C3CCC4NCCO)no2)cc1OCC.